The first-order chi connectivity index (χ1) is 9.96. The molecule has 21 heavy (non-hydrogen) atoms. The number of nitrogens with one attached hydrogen (secondary N) is 1. The van der Waals surface area contributed by atoms with Crippen molar-refractivity contribution < 1.29 is 0 Å². The minimum absolute atomic E-state index is 0.348. The molecule has 1 aliphatic rings. The van der Waals surface area contributed by atoms with Crippen molar-refractivity contribution >= 4 is 0 Å². The summed E-state index contributed by atoms with van der Waals surface area (Å²) >= 11 is 0. The lowest BCUT2D eigenvalue weighted by Crippen LogP contribution is -2.40. The summed E-state index contributed by atoms with van der Waals surface area (Å²) in [5.74, 6) is 1.46. The van der Waals surface area contributed by atoms with E-state index in [1.165, 1.54) is 31.6 Å². The Hall–Kier alpha value is -0.860. The third-order valence-corrected chi connectivity index (χ3v) is 4.35. The number of nitrogens with zero attached hydrogens (tertiary/aromatic N) is 1. The molecule has 1 aliphatic heterocycles. The fourth-order valence-corrected chi connectivity index (χ4v) is 3.33. The van der Waals surface area contributed by atoms with Crippen molar-refractivity contribution in [3.05, 3.63) is 35.9 Å². The van der Waals surface area contributed by atoms with Crippen LogP contribution in [-0.4, -0.2) is 37.6 Å². The van der Waals surface area contributed by atoms with Gasteiger partial charge in [-0.25, -0.2) is 0 Å². The van der Waals surface area contributed by atoms with Crippen LogP contribution in [0.15, 0.2) is 30.3 Å². The van der Waals surface area contributed by atoms with E-state index in [2.05, 4.69) is 68.2 Å². The number of likely N-dealkylation sites (tertiary alicyclic amines) is 1. The van der Waals surface area contributed by atoms with Gasteiger partial charge in [-0.2, -0.15) is 0 Å². The van der Waals surface area contributed by atoms with E-state index in [-0.39, 0.29) is 0 Å². The second-order valence-electron chi connectivity index (χ2n) is 7.82. The first-order valence-corrected chi connectivity index (χ1v) is 8.44. The highest BCUT2D eigenvalue weighted by Crippen LogP contribution is 2.29. The van der Waals surface area contributed by atoms with Gasteiger partial charge in [-0.15, -0.1) is 0 Å². The Kier molecular flexibility index (Phi) is 5.83. The number of hydrogen-bond acceptors (Lipinski definition) is 2. The molecule has 0 amide bonds. The highest BCUT2D eigenvalue weighted by atomic mass is 15.2. The normalized spacial score (nSPS) is 20.3. The molecule has 1 atom stereocenters. The molecular weight excluding hydrogens is 256 g/mol. The molecule has 0 saturated carbocycles. The van der Waals surface area contributed by atoms with Gasteiger partial charge >= 0.3 is 0 Å². The maximum Gasteiger partial charge on any atom is 0.00510 e. The van der Waals surface area contributed by atoms with Crippen LogP contribution in [0, 0.1) is 11.3 Å². The Bertz CT molecular complexity index is 411. The third-order valence-electron chi connectivity index (χ3n) is 4.35. The van der Waals surface area contributed by atoms with Gasteiger partial charge in [0.05, 0.1) is 0 Å². The molecule has 2 rings (SSSR count). The molecule has 2 heteroatoms. The minimum atomic E-state index is 0.348. The predicted molar refractivity (Wildman–Crippen MR) is 91.7 cm³/mol. The zero-order valence-corrected chi connectivity index (χ0v) is 14.2. The molecule has 1 aromatic rings. The van der Waals surface area contributed by atoms with Crippen molar-refractivity contribution in [2.45, 2.75) is 40.0 Å². The van der Waals surface area contributed by atoms with Crippen molar-refractivity contribution in [2.75, 3.05) is 32.7 Å². The fraction of sp³-hybridized carbons (Fsp3) is 0.684. The minimum Gasteiger partial charge on any atom is -0.316 e. The summed E-state index contributed by atoms with van der Waals surface area (Å²) in [6, 6.07) is 11.0. The molecule has 1 fully saturated rings. The predicted octanol–water partition coefficient (Wildman–Crippen LogP) is 3.75. The zero-order chi connectivity index (χ0) is 15.3. The van der Waals surface area contributed by atoms with Gasteiger partial charge in [0, 0.05) is 19.6 Å². The first-order valence-electron chi connectivity index (χ1n) is 8.44. The van der Waals surface area contributed by atoms with E-state index in [1.807, 2.05) is 0 Å². The molecule has 1 saturated heterocycles. The van der Waals surface area contributed by atoms with Crippen LogP contribution in [0.1, 0.15) is 45.6 Å². The molecular formula is C19H32N2. The van der Waals surface area contributed by atoms with E-state index < -0.39 is 0 Å². The van der Waals surface area contributed by atoms with Crippen LogP contribution in [0.3, 0.4) is 0 Å². The Labute approximate surface area is 130 Å². The van der Waals surface area contributed by atoms with Crippen molar-refractivity contribution in [3.8, 4) is 0 Å². The van der Waals surface area contributed by atoms with Gasteiger partial charge in [0.1, 0.15) is 0 Å². The Morgan fingerprint density at radius 3 is 2.62 bits per heavy atom. The van der Waals surface area contributed by atoms with Crippen molar-refractivity contribution in [1.29, 1.82) is 0 Å². The molecule has 0 aromatic heterocycles. The molecule has 0 spiro atoms. The van der Waals surface area contributed by atoms with Gasteiger partial charge in [0.2, 0.25) is 0 Å². The highest BCUT2D eigenvalue weighted by molar-refractivity contribution is 5.21. The van der Waals surface area contributed by atoms with Gasteiger partial charge in [0.25, 0.3) is 0 Å². The molecule has 0 bridgehead atoms. The van der Waals surface area contributed by atoms with E-state index in [4.69, 9.17) is 0 Å². The average Bonchev–Trinajstić information content (AvgIpc) is 2.86. The van der Waals surface area contributed by atoms with Crippen LogP contribution in [0.5, 0.6) is 0 Å². The van der Waals surface area contributed by atoms with Crippen LogP contribution < -0.4 is 5.32 Å². The van der Waals surface area contributed by atoms with E-state index in [0.717, 1.165) is 24.9 Å². The Morgan fingerprint density at radius 2 is 1.95 bits per heavy atom. The summed E-state index contributed by atoms with van der Waals surface area (Å²) < 4.78 is 0. The summed E-state index contributed by atoms with van der Waals surface area (Å²) in [7, 11) is 0. The van der Waals surface area contributed by atoms with Gasteiger partial charge < -0.3 is 10.2 Å². The summed E-state index contributed by atoms with van der Waals surface area (Å²) in [6.45, 7) is 15.2. The van der Waals surface area contributed by atoms with E-state index in [1.54, 1.807) is 0 Å². The summed E-state index contributed by atoms with van der Waals surface area (Å²) in [5.41, 5.74) is 1.86. The van der Waals surface area contributed by atoms with Gasteiger partial charge in [0.15, 0.2) is 0 Å². The summed E-state index contributed by atoms with van der Waals surface area (Å²) in [6.07, 6.45) is 1.31. The Morgan fingerprint density at radius 1 is 1.24 bits per heavy atom. The fourth-order valence-electron chi connectivity index (χ4n) is 3.33. The summed E-state index contributed by atoms with van der Waals surface area (Å²) in [4.78, 5) is 2.65. The lowest BCUT2D eigenvalue weighted by Gasteiger charge is -2.31. The zero-order valence-electron chi connectivity index (χ0n) is 14.2. The largest absolute Gasteiger partial charge is 0.316 e. The van der Waals surface area contributed by atoms with Crippen molar-refractivity contribution in [1.82, 2.24) is 10.2 Å². The SMILES string of the molecule is CC(C)CNCC(C)(C)CN1CCC(c2ccccc2)C1. The van der Waals surface area contributed by atoms with E-state index >= 15 is 0 Å². The van der Waals surface area contributed by atoms with Crippen molar-refractivity contribution in [3.63, 3.8) is 0 Å². The molecule has 1 aromatic carbocycles. The molecule has 1 unspecified atom stereocenters. The number of hydrogen-bond donors (Lipinski definition) is 1. The average molecular weight is 288 g/mol. The maximum absolute atomic E-state index is 3.62. The molecule has 2 nitrogen and oxygen atoms in total. The monoisotopic (exact) mass is 288 g/mol. The van der Waals surface area contributed by atoms with E-state index in [9.17, 15) is 0 Å². The van der Waals surface area contributed by atoms with Gasteiger partial charge in [-0.1, -0.05) is 58.0 Å². The van der Waals surface area contributed by atoms with Crippen LogP contribution in [0.4, 0.5) is 0 Å². The maximum atomic E-state index is 3.62. The standard InChI is InChI=1S/C19H32N2/c1-16(2)12-20-14-19(3,4)15-21-11-10-18(13-21)17-8-6-5-7-9-17/h5-9,16,18,20H,10-15H2,1-4H3. The van der Waals surface area contributed by atoms with Crippen LogP contribution in [0.2, 0.25) is 0 Å². The second kappa shape index (κ2) is 7.42. The summed E-state index contributed by atoms with van der Waals surface area (Å²) in [5, 5.41) is 3.62. The number of benzene rings is 1. The van der Waals surface area contributed by atoms with Gasteiger partial charge in [-0.05, 0) is 42.3 Å². The quantitative estimate of drug-likeness (QED) is 0.822. The van der Waals surface area contributed by atoms with Crippen LogP contribution >= 0.6 is 0 Å². The molecule has 118 valence electrons. The van der Waals surface area contributed by atoms with Crippen molar-refractivity contribution in [2.24, 2.45) is 11.3 Å². The lowest BCUT2D eigenvalue weighted by molar-refractivity contribution is 0.201. The topological polar surface area (TPSA) is 15.3 Å². The molecule has 1 heterocycles. The van der Waals surface area contributed by atoms with Crippen LogP contribution in [-0.2, 0) is 0 Å². The van der Waals surface area contributed by atoms with Crippen LogP contribution in [0.25, 0.3) is 0 Å². The Balaban J connectivity index is 1.79. The molecule has 0 aliphatic carbocycles. The molecule has 0 radical (unpaired) electrons. The third kappa shape index (κ3) is 5.44. The second-order valence-corrected chi connectivity index (χ2v) is 7.82. The lowest BCUT2D eigenvalue weighted by atomic mass is 9.92. The van der Waals surface area contributed by atoms with E-state index in [0.29, 0.717) is 5.41 Å². The highest BCUT2D eigenvalue weighted by Gasteiger charge is 2.28. The molecule has 1 N–H and O–H groups in total. The smallest absolute Gasteiger partial charge is 0.00510 e. The first kappa shape index (κ1) is 16.5. The number of rotatable bonds is 7. The van der Waals surface area contributed by atoms with Gasteiger partial charge in [-0.3, -0.25) is 0 Å².